The van der Waals surface area contributed by atoms with Crippen molar-refractivity contribution in [1.29, 1.82) is 0 Å². The van der Waals surface area contributed by atoms with Crippen LogP contribution in [0, 0.1) is 11.3 Å². The van der Waals surface area contributed by atoms with Crippen molar-refractivity contribution < 1.29 is 14.3 Å². The molecule has 6 rings (SSSR count). The Balaban J connectivity index is 1.67. The minimum Gasteiger partial charge on any atom is -0.493 e. The summed E-state index contributed by atoms with van der Waals surface area (Å²) in [5, 5.41) is 0. The molecule has 4 atom stereocenters. The fraction of sp³-hybridized carbons (Fsp3) is 0.571. The number of piperidine rings is 1. The van der Waals surface area contributed by atoms with Gasteiger partial charge in [-0.3, -0.25) is 14.6 Å². The van der Waals surface area contributed by atoms with Crippen LogP contribution in [0.1, 0.15) is 37.2 Å². The minimum atomic E-state index is -0.158. The summed E-state index contributed by atoms with van der Waals surface area (Å²) in [6.07, 6.45) is 8.79. The van der Waals surface area contributed by atoms with E-state index in [4.69, 9.17) is 9.47 Å². The number of nitrogens with zero attached hydrogens (tertiary/aromatic N) is 2. The lowest BCUT2D eigenvalue weighted by atomic mass is 9.63. The zero-order chi connectivity index (χ0) is 17.7. The highest BCUT2D eigenvalue weighted by Gasteiger charge is 2.75. The van der Waals surface area contributed by atoms with Crippen molar-refractivity contribution in [2.75, 3.05) is 32.2 Å². The van der Waals surface area contributed by atoms with Gasteiger partial charge in [-0.05, 0) is 36.8 Å². The van der Waals surface area contributed by atoms with Crippen molar-refractivity contribution in [3.8, 4) is 11.5 Å². The highest BCUT2D eigenvalue weighted by Crippen LogP contribution is 2.71. The molecule has 2 saturated heterocycles. The molecule has 4 aliphatic heterocycles. The molecule has 0 aromatic heterocycles. The van der Waals surface area contributed by atoms with Gasteiger partial charge >= 0.3 is 0 Å². The molecular formula is C21H24N2O3. The van der Waals surface area contributed by atoms with Crippen LogP contribution >= 0.6 is 0 Å². The SMILES string of the molecule is COc1cc2c(cc1OC)N1C(=O)C[C@@]34C=CCN5CC[C@@H]2[C@H](CC3)[C@]514. The number of anilines is 1. The molecule has 5 aliphatic rings. The summed E-state index contributed by atoms with van der Waals surface area (Å²) in [5.41, 5.74) is 2.15. The highest BCUT2D eigenvalue weighted by atomic mass is 16.5. The third kappa shape index (κ3) is 1.37. The van der Waals surface area contributed by atoms with Crippen molar-refractivity contribution in [2.45, 2.75) is 37.3 Å². The van der Waals surface area contributed by atoms with Crippen LogP contribution in [0.25, 0.3) is 0 Å². The first kappa shape index (κ1) is 15.1. The Kier molecular flexibility index (Phi) is 2.69. The molecule has 1 spiro atoms. The second-order valence-corrected chi connectivity index (χ2v) is 8.44. The van der Waals surface area contributed by atoms with E-state index in [9.17, 15) is 4.79 Å². The van der Waals surface area contributed by atoms with E-state index in [0.717, 1.165) is 37.4 Å². The van der Waals surface area contributed by atoms with Gasteiger partial charge in [-0.1, -0.05) is 12.2 Å². The van der Waals surface area contributed by atoms with Gasteiger partial charge < -0.3 is 9.47 Å². The number of rotatable bonds is 2. The van der Waals surface area contributed by atoms with Gasteiger partial charge in [0.15, 0.2) is 11.5 Å². The minimum absolute atomic E-state index is 0.0173. The maximum atomic E-state index is 13.3. The van der Waals surface area contributed by atoms with Gasteiger partial charge in [-0.25, -0.2) is 0 Å². The maximum absolute atomic E-state index is 13.3. The smallest absolute Gasteiger partial charge is 0.229 e. The quantitative estimate of drug-likeness (QED) is 0.768. The number of benzene rings is 1. The average molecular weight is 352 g/mol. The van der Waals surface area contributed by atoms with Crippen molar-refractivity contribution in [3.63, 3.8) is 0 Å². The van der Waals surface area contributed by atoms with Crippen LogP contribution in [-0.2, 0) is 4.79 Å². The highest BCUT2D eigenvalue weighted by molar-refractivity contribution is 6.01. The fourth-order valence-corrected chi connectivity index (χ4v) is 7.12. The Morgan fingerprint density at radius 3 is 2.77 bits per heavy atom. The van der Waals surface area contributed by atoms with Crippen molar-refractivity contribution in [3.05, 3.63) is 29.8 Å². The zero-order valence-corrected chi connectivity index (χ0v) is 15.3. The molecule has 136 valence electrons. The molecule has 5 nitrogen and oxygen atoms in total. The number of methoxy groups -OCH3 is 2. The zero-order valence-electron chi connectivity index (χ0n) is 15.3. The lowest BCUT2D eigenvalue weighted by Crippen LogP contribution is -2.72. The molecule has 0 radical (unpaired) electrons. The fourth-order valence-electron chi connectivity index (χ4n) is 7.12. The van der Waals surface area contributed by atoms with E-state index in [1.165, 1.54) is 12.0 Å². The number of amides is 1. The van der Waals surface area contributed by atoms with Crippen LogP contribution in [0.5, 0.6) is 11.5 Å². The van der Waals surface area contributed by atoms with Gasteiger partial charge in [0.1, 0.15) is 5.66 Å². The Morgan fingerprint density at radius 1 is 1.15 bits per heavy atom. The van der Waals surface area contributed by atoms with E-state index in [1.54, 1.807) is 14.2 Å². The average Bonchev–Trinajstić information content (AvgIpc) is 3.12. The summed E-state index contributed by atoms with van der Waals surface area (Å²) in [4.78, 5) is 18.1. The van der Waals surface area contributed by atoms with Crippen LogP contribution in [0.4, 0.5) is 5.69 Å². The molecule has 1 aliphatic carbocycles. The number of hydrogen-bond donors (Lipinski definition) is 0. The molecule has 2 bridgehead atoms. The first-order chi connectivity index (χ1) is 12.7. The second-order valence-electron chi connectivity index (χ2n) is 8.44. The molecule has 26 heavy (non-hydrogen) atoms. The Labute approximate surface area is 153 Å². The van der Waals surface area contributed by atoms with Crippen LogP contribution in [-0.4, -0.2) is 43.8 Å². The van der Waals surface area contributed by atoms with Gasteiger partial charge in [0.2, 0.25) is 5.91 Å². The summed E-state index contributed by atoms with van der Waals surface area (Å²) in [5.74, 6) is 2.75. The Hall–Kier alpha value is -2.01. The lowest BCUT2D eigenvalue weighted by molar-refractivity contribution is -0.119. The molecule has 5 heteroatoms. The van der Waals surface area contributed by atoms with Gasteiger partial charge in [0.25, 0.3) is 0 Å². The molecule has 1 amide bonds. The van der Waals surface area contributed by atoms with Gasteiger partial charge in [-0.15, -0.1) is 0 Å². The van der Waals surface area contributed by atoms with Crippen LogP contribution in [0.15, 0.2) is 24.3 Å². The third-order valence-electron chi connectivity index (χ3n) is 7.82. The summed E-state index contributed by atoms with van der Waals surface area (Å²) in [6.45, 7) is 2.02. The van der Waals surface area contributed by atoms with E-state index in [0.29, 0.717) is 24.0 Å². The molecule has 3 fully saturated rings. The van der Waals surface area contributed by atoms with Crippen molar-refractivity contribution >= 4 is 11.6 Å². The predicted octanol–water partition coefficient (Wildman–Crippen LogP) is 2.91. The normalized spacial score (nSPS) is 39.0. The number of carbonyl (C=O) groups is 1. The third-order valence-corrected chi connectivity index (χ3v) is 7.82. The molecule has 0 N–H and O–H groups in total. The molecule has 1 saturated carbocycles. The van der Waals surface area contributed by atoms with Gasteiger partial charge in [-0.2, -0.15) is 0 Å². The molecular weight excluding hydrogens is 328 g/mol. The van der Waals surface area contributed by atoms with Crippen molar-refractivity contribution in [1.82, 2.24) is 4.90 Å². The van der Waals surface area contributed by atoms with E-state index in [2.05, 4.69) is 28.0 Å². The summed E-state index contributed by atoms with van der Waals surface area (Å²) >= 11 is 0. The maximum Gasteiger partial charge on any atom is 0.229 e. The van der Waals surface area contributed by atoms with Crippen LogP contribution < -0.4 is 14.4 Å². The second kappa shape index (κ2) is 4.63. The van der Waals surface area contributed by atoms with E-state index < -0.39 is 0 Å². The monoisotopic (exact) mass is 352 g/mol. The number of ether oxygens (including phenoxy) is 2. The van der Waals surface area contributed by atoms with Crippen LogP contribution in [0.3, 0.4) is 0 Å². The topological polar surface area (TPSA) is 42.0 Å². The Morgan fingerprint density at radius 2 is 1.96 bits per heavy atom. The van der Waals surface area contributed by atoms with Crippen molar-refractivity contribution in [2.24, 2.45) is 11.3 Å². The molecule has 1 aromatic rings. The summed E-state index contributed by atoms with van der Waals surface area (Å²) in [6, 6.07) is 4.17. The standard InChI is InChI=1S/C21H24N2O3/c1-25-17-10-14-13-5-9-22-8-3-6-20-7-4-15(13)21(20,22)23(19(24)12-20)16(14)11-18(17)26-2/h3,6,10-11,13,15H,4-5,7-9,12H2,1-2H3/t13-,15-,20+,21-/m0/s1. The lowest BCUT2D eigenvalue weighted by Gasteiger charge is -2.63. The molecule has 4 heterocycles. The van der Waals surface area contributed by atoms with Gasteiger partial charge in [0.05, 0.1) is 19.9 Å². The number of fused-ring (bicyclic) bond motifs is 3. The van der Waals surface area contributed by atoms with E-state index >= 15 is 0 Å². The van der Waals surface area contributed by atoms with Crippen LogP contribution in [0.2, 0.25) is 0 Å². The number of hydrogen-bond acceptors (Lipinski definition) is 4. The number of carbonyl (C=O) groups excluding carboxylic acids is 1. The van der Waals surface area contributed by atoms with Gasteiger partial charge in [0, 0.05) is 36.9 Å². The molecule has 0 unspecified atom stereocenters. The first-order valence-electron chi connectivity index (χ1n) is 9.68. The molecule has 1 aromatic carbocycles. The van der Waals surface area contributed by atoms with E-state index in [-0.39, 0.29) is 17.0 Å². The van der Waals surface area contributed by atoms with E-state index in [1.807, 2.05) is 6.07 Å². The summed E-state index contributed by atoms with van der Waals surface area (Å²) < 4.78 is 11.2. The summed E-state index contributed by atoms with van der Waals surface area (Å²) in [7, 11) is 3.35. The Bertz CT molecular complexity index is 865. The first-order valence-corrected chi connectivity index (χ1v) is 9.68. The largest absolute Gasteiger partial charge is 0.493 e. The predicted molar refractivity (Wildman–Crippen MR) is 97.6 cm³/mol.